The van der Waals surface area contributed by atoms with E-state index in [1.165, 1.54) is 0 Å². The Morgan fingerprint density at radius 1 is 0.696 bits per heavy atom. The number of aliphatic carboxylic acids is 2. The van der Waals surface area contributed by atoms with Gasteiger partial charge < -0.3 is 10.2 Å². The molecule has 0 spiro atoms. The maximum absolute atomic E-state index is 11.1. The number of hydrogen-bond donors (Lipinski definition) is 2. The van der Waals surface area contributed by atoms with Gasteiger partial charge in [0.2, 0.25) is 0 Å². The summed E-state index contributed by atoms with van der Waals surface area (Å²) in [5.74, 6) is -0.819. The molecule has 122 valence electrons. The predicted octanol–water partition coefficient (Wildman–Crippen LogP) is 3.86. The first kappa shape index (κ1) is 17.1. The van der Waals surface area contributed by atoms with Gasteiger partial charge in [-0.2, -0.15) is 10.0 Å². The van der Waals surface area contributed by atoms with Gasteiger partial charge >= 0.3 is 11.9 Å². The van der Waals surface area contributed by atoms with Crippen molar-refractivity contribution >= 4 is 22.0 Å². The second kappa shape index (κ2) is 7.83. The van der Waals surface area contributed by atoms with Crippen LogP contribution in [0.2, 0.25) is 0 Å². The number of carbonyl (C=O) groups is 2. The second-order valence-corrected chi connectivity index (χ2v) is 8.73. The Bertz CT molecular complexity index is 596. The normalized spacial score (nSPS) is 11.8. The summed E-state index contributed by atoms with van der Waals surface area (Å²) < 4.78 is 0. The number of carboxylic acid groups (broad SMARTS) is 2. The standard InChI is InChI=1S/C18H20O4S/c19-17(20)11-13-23(14-12-18(21)22,15-7-3-1-4-8-15)16-9-5-2-6-10-16/h1-10H,11-14H2,(H,19,20)(H,21,22). The van der Waals surface area contributed by atoms with Gasteiger partial charge in [-0.1, -0.05) is 36.4 Å². The van der Waals surface area contributed by atoms with Crippen molar-refractivity contribution < 1.29 is 19.8 Å². The van der Waals surface area contributed by atoms with Crippen LogP contribution in [-0.2, 0) is 9.59 Å². The molecule has 2 aromatic rings. The van der Waals surface area contributed by atoms with Crippen LogP contribution in [0, 0.1) is 0 Å². The first-order valence-corrected chi connectivity index (χ1v) is 9.34. The summed E-state index contributed by atoms with van der Waals surface area (Å²) in [5.41, 5.74) is 0. The Morgan fingerprint density at radius 2 is 1.04 bits per heavy atom. The van der Waals surface area contributed by atoms with E-state index in [-0.39, 0.29) is 12.8 Å². The zero-order chi connectivity index (χ0) is 16.7. The molecule has 0 aliphatic rings. The largest absolute Gasteiger partial charge is 0.481 e. The summed E-state index contributed by atoms with van der Waals surface area (Å²) in [7, 11) is -1.71. The van der Waals surface area contributed by atoms with Crippen LogP contribution in [0.25, 0.3) is 0 Å². The van der Waals surface area contributed by atoms with Gasteiger partial charge in [0.1, 0.15) is 0 Å². The smallest absolute Gasteiger partial charge is 0.304 e. The lowest BCUT2D eigenvalue weighted by molar-refractivity contribution is -0.137. The van der Waals surface area contributed by atoms with E-state index in [0.717, 1.165) is 9.79 Å². The van der Waals surface area contributed by atoms with E-state index < -0.39 is 22.0 Å². The summed E-state index contributed by atoms with van der Waals surface area (Å²) >= 11 is 0. The molecule has 0 fully saturated rings. The molecule has 0 aliphatic heterocycles. The van der Waals surface area contributed by atoms with E-state index in [0.29, 0.717) is 11.5 Å². The van der Waals surface area contributed by atoms with Crippen LogP contribution in [0.3, 0.4) is 0 Å². The highest BCUT2D eigenvalue weighted by Gasteiger charge is 2.29. The summed E-state index contributed by atoms with van der Waals surface area (Å²) in [4.78, 5) is 24.4. The maximum Gasteiger partial charge on any atom is 0.304 e. The molecule has 0 heterocycles. The summed E-state index contributed by atoms with van der Waals surface area (Å²) in [5, 5.41) is 18.3. The Balaban J connectivity index is 2.52. The Labute approximate surface area is 137 Å². The molecule has 0 atom stereocenters. The van der Waals surface area contributed by atoms with Crippen molar-refractivity contribution in [2.24, 2.45) is 0 Å². The highest BCUT2D eigenvalue weighted by atomic mass is 32.3. The molecule has 2 rings (SSSR count). The van der Waals surface area contributed by atoms with Crippen molar-refractivity contribution in [3.05, 3.63) is 60.7 Å². The van der Waals surface area contributed by atoms with Crippen molar-refractivity contribution in [2.75, 3.05) is 11.5 Å². The third kappa shape index (κ3) is 4.36. The van der Waals surface area contributed by atoms with Crippen LogP contribution in [0.4, 0.5) is 0 Å². The average Bonchev–Trinajstić information content (AvgIpc) is 2.56. The number of rotatable bonds is 8. The van der Waals surface area contributed by atoms with E-state index in [2.05, 4.69) is 0 Å². The van der Waals surface area contributed by atoms with Gasteiger partial charge in [0, 0.05) is 0 Å². The number of carboxylic acids is 2. The lowest BCUT2D eigenvalue weighted by Gasteiger charge is -2.40. The SMILES string of the molecule is O=C(O)CCS(CCC(=O)O)(c1ccccc1)c1ccccc1. The predicted molar refractivity (Wildman–Crippen MR) is 91.2 cm³/mol. The molecule has 2 N–H and O–H groups in total. The minimum absolute atomic E-state index is 0.0265. The Hall–Kier alpha value is -2.27. The van der Waals surface area contributed by atoms with Crippen LogP contribution >= 0.6 is 10.0 Å². The fourth-order valence-corrected chi connectivity index (χ4v) is 6.42. The number of benzene rings is 2. The Kier molecular flexibility index (Phi) is 5.82. The van der Waals surface area contributed by atoms with Gasteiger partial charge in [-0.3, -0.25) is 9.59 Å². The third-order valence-electron chi connectivity index (χ3n) is 3.72. The zero-order valence-corrected chi connectivity index (χ0v) is 13.5. The molecule has 0 aromatic heterocycles. The molecule has 0 saturated carbocycles. The third-order valence-corrected chi connectivity index (χ3v) is 7.87. The average molecular weight is 332 g/mol. The van der Waals surface area contributed by atoms with Gasteiger partial charge in [-0.15, -0.1) is 0 Å². The van der Waals surface area contributed by atoms with Gasteiger partial charge in [-0.05, 0) is 45.6 Å². The van der Waals surface area contributed by atoms with Crippen molar-refractivity contribution in [3.8, 4) is 0 Å². The van der Waals surface area contributed by atoms with Crippen LogP contribution in [0.15, 0.2) is 70.5 Å². The molecular weight excluding hydrogens is 312 g/mol. The minimum Gasteiger partial charge on any atom is -0.481 e. The van der Waals surface area contributed by atoms with Crippen LogP contribution in [0.1, 0.15) is 12.8 Å². The molecule has 0 amide bonds. The van der Waals surface area contributed by atoms with Crippen molar-refractivity contribution in [1.82, 2.24) is 0 Å². The fraction of sp³-hybridized carbons (Fsp3) is 0.222. The van der Waals surface area contributed by atoms with Crippen molar-refractivity contribution in [1.29, 1.82) is 0 Å². The molecule has 23 heavy (non-hydrogen) atoms. The number of hydrogen-bond acceptors (Lipinski definition) is 2. The highest BCUT2D eigenvalue weighted by Crippen LogP contribution is 2.63. The molecule has 0 saturated heterocycles. The van der Waals surface area contributed by atoms with Gasteiger partial charge in [0.25, 0.3) is 0 Å². The van der Waals surface area contributed by atoms with E-state index >= 15 is 0 Å². The van der Waals surface area contributed by atoms with E-state index in [1.807, 2.05) is 60.7 Å². The summed E-state index contributed by atoms with van der Waals surface area (Å²) in [6.07, 6.45) is 0.0531. The first-order chi connectivity index (χ1) is 11.0. The van der Waals surface area contributed by atoms with E-state index in [4.69, 9.17) is 10.2 Å². The molecule has 4 nitrogen and oxygen atoms in total. The van der Waals surface area contributed by atoms with E-state index in [9.17, 15) is 9.59 Å². The lowest BCUT2D eigenvalue weighted by atomic mass is 10.4. The van der Waals surface area contributed by atoms with Crippen molar-refractivity contribution in [3.63, 3.8) is 0 Å². The van der Waals surface area contributed by atoms with Gasteiger partial charge in [0.15, 0.2) is 0 Å². The molecular formula is C18H20O4S. The second-order valence-electron chi connectivity index (χ2n) is 5.21. The zero-order valence-electron chi connectivity index (χ0n) is 12.7. The minimum atomic E-state index is -1.71. The summed E-state index contributed by atoms with van der Waals surface area (Å²) in [6, 6.07) is 19.4. The fourth-order valence-electron chi connectivity index (χ4n) is 2.59. The van der Waals surface area contributed by atoms with Crippen molar-refractivity contribution in [2.45, 2.75) is 22.6 Å². The van der Waals surface area contributed by atoms with E-state index in [1.54, 1.807) is 0 Å². The topological polar surface area (TPSA) is 74.6 Å². The molecule has 0 aliphatic carbocycles. The molecule has 2 aromatic carbocycles. The molecule has 5 heteroatoms. The Morgan fingerprint density at radius 3 is 1.35 bits per heavy atom. The van der Waals surface area contributed by atoms with Crippen LogP contribution in [-0.4, -0.2) is 33.7 Å². The van der Waals surface area contributed by atoms with Crippen LogP contribution < -0.4 is 0 Å². The monoisotopic (exact) mass is 332 g/mol. The quantitative estimate of drug-likeness (QED) is 0.770. The highest BCUT2D eigenvalue weighted by molar-refractivity contribution is 8.33. The molecule has 0 bridgehead atoms. The van der Waals surface area contributed by atoms with Gasteiger partial charge in [0.05, 0.1) is 12.8 Å². The first-order valence-electron chi connectivity index (χ1n) is 7.37. The molecule has 0 radical (unpaired) electrons. The van der Waals surface area contributed by atoms with Crippen LogP contribution in [0.5, 0.6) is 0 Å². The lowest BCUT2D eigenvalue weighted by Crippen LogP contribution is -2.16. The summed E-state index contributed by atoms with van der Waals surface area (Å²) in [6.45, 7) is 0. The van der Waals surface area contributed by atoms with Gasteiger partial charge in [-0.25, -0.2) is 0 Å². The maximum atomic E-state index is 11.1. The molecule has 0 unspecified atom stereocenters.